The van der Waals surface area contributed by atoms with Crippen LogP contribution in [0.4, 0.5) is 5.00 Å². The molecule has 128 valence electrons. The van der Waals surface area contributed by atoms with Gasteiger partial charge in [0.05, 0.1) is 19.8 Å². The lowest BCUT2D eigenvalue weighted by Crippen LogP contribution is -2.29. The van der Waals surface area contributed by atoms with Gasteiger partial charge in [-0.25, -0.2) is 4.79 Å². The smallest absolute Gasteiger partial charge is 0.338 e. The largest absolute Gasteiger partial charge is 0.493 e. The third-order valence-corrected chi connectivity index (χ3v) is 5.28. The number of nitrogens with zero attached hydrogens (tertiary/aromatic N) is 1. The summed E-state index contributed by atoms with van der Waals surface area (Å²) in [7, 11) is 3.24. The second kappa shape index (κ2) is 6.70. The van der Waals surface area contributed by atoms with Crippen molar-refractivity contribution in [2.45, 2.75) is 19.5 Å². The fourth-order valence-electron chi connectivity index (χ4n) is 3.08. The molecule has 3 N–H and O–H groups in total. The van der Waals surface area contributed by atoms with Gasteiger partial charge >= 0.3 is 5.97 Å². The van der Waals surface area contributed by atoms with E-state index in [1.54, 1.807) is 14.2 Å². The van der Waals surface area contributed by atoms with Crippen LogP contribution in [-0.4, -0.2) is 36.7 Å². The molecule has 6 nitrogen and oxygen atoms in total. The zero-order chi connectivity index (χ0) is 17.3. The van der Waals surface area contributed by atoms with Gasteiger partial charge in [0.25, 0.3) is 0 Å². The van der Waals surface area contributed by atoms with Crippen molar-refractivity contribution < 1.29 is 19.4 Å². The Morgan fingerprint density at radius 2 is 2.08 bits per heavy atom. The molecule has 0 saturated heterocycles. The molecule has 0 spiro atoms. The molecule has 0 amide bonds. The highest BCUT2D eigenvalue weighted by molar-refractivity contribution is 7.16. The molecule has 2 aromatic rings. The van der Waals surface area contributed by atoms with Gasteiger partial charge in [-0.15, -0.1) is 11.3 Å². The molecule has 1 aromatic carbocycles. The van der Waals surface area contributed by atoms with Crippen LogP contribution in [0.5, 0.6) is 11.5 Å². The van der Waals surface area contributed by atoms with E-state index >= 15 is 0 Å². The average molecular weight is 348 g/mol. The van der Waals surface area contributed by atoms with Gasteiger partial charge in [-0.1, -0.05) is 6.07 Å². The third-order valence-electron chi connectivity index (χ3n) is 4.23. The van der Waals surface area contributed by atoms with E-state index < -0.39 is 5.97 Å². The molecule has 0 aliphatic carbocycles. The lowest BCUT2D eigenvalue weighted by molar-refractivity contribution is 0.0696. The van der Waals surface area contributed by atoms with Crippen LogP contribution in [0.1, 0.15) is 26.4 Å². The number of methoxy groups -OCH3 is 2. The highest BCUT2D eigenvalue weighted by atomic mass is 32.1. The lowest BCUT2D eigenvalue weighted by Gasteiger charge is -2.27. The third kappa shape index (κ3) is 3.05. The van der Waals surface area contributed by atoms with Crippen LogP contribution in [0, 0.1) is 0 Å². The van der Waals surface area contributed by atoms with Gasteiger partial charge < -0.3 is 20.3 Å². The number of carbonyl (C=O) groups is 1. The number of rotatable bonds is 5. The number of anilines is 1. The highest BCUT2D eigenvalue weighted by Crippen LogP contribution is 2.36. The number of thiophene rings is 1. The van der Waals surface area contributed by atoms with E-state index in [2.05, 4.69) is 4.90 Å². The van der Waals surface area contributed by atoms with Crippen LogP contribution >= 0.6 is 11.3 Å². The fraction of sp³-hybridized carbons (Fsp3) is 0.353. The van der Waals surface area contributed by atoms with Gasteiger partial charge in [0.2, 0.25) is 0 Å². The number of carboxylic acids is 1. The molecule has 0 atom stereocenters. The maximum Gasteiger partial charge on any atom is 0.338 e. The first-order valence-electron chi connectivity index (χ1n) is 7.60. The molecule has 1 aliphatic rings. The Hall–Kier alpha value is -2.25. The minimum absolute atomic E-state index is 0.292. The van der Waals surface area contributed by atoms with Gasteiger partial charge in [0.1, 0.15) is 5.00 Å². The first-order chi connectivity index (χ1) is 11.5. The van der Waals surface area contributed by atoms with Crippen LogP contribution in [0.2, 0.25) is 0 Å². The molecule has 0 radical (unpaired) electrons. The maximum absolute atomic E-state index is 11.3. The summed E-state index contributed by atoms with van der Waals surface area (Å²) in [6, 6.07) is 5.89. The molecule has 0 bridgehead atoms. The molecule has 3 rings (SSSR count). The number of carboxylic acid groups (broad SMARTS) is 1. The molecule has 2 heterocycles. The summed E-state index contributed by atoms with van der Waals surface area (Å²) in [6.07, 6.45) is 0.706. The Balaban J connectivity index is 1.77. The number of ether oxygens (including phenoxy) is 2. The van der Waals surface area contributed by atoms with Gasteiger partial charge in [-0.05, 0) is 29.7 Å². The Morgan fingerprint density at radius 1 is 1.33 bits per heavy atom. The number of nitrogens with two attached hydrogens (primary N) is 1. The van der Waals surface area contributed by atoms with Crippen LogP contribution in [0.3, 0.4) is 0 Å². The number of benzene rings is 1. The maximum atomic E-state index is 11.3. The van der Waals surface area contributed by atoms with E-state index in [1.165, 1.54) is 11.3 Å². The minimum Gasteiger partial charge on any atom is -0.493 e. The summed E-state index contributed by atoms with van der Waals surface area (Å²) in [5.74, 6) is 0.485. The molecule has 1 aromatic heterocycles. The van der Waals surface area contributed by atoms with Crippen molar-refractivity contribution in [3.63, 3.8) is 0 Å². The Kier molecular flexibility index (Phi) is 4.64. The molecule has 0 unspecified atom stereocenters. The van der Waals surface area contributed by atoms with E-state index in [9.17, 15) is 9.90 Å². The van der Waals surface area contributed by atoms with Crippen molar-refractivity contribution >= 4 is 22.3 Å². The molecule has 7 heteroatoms. The highest BCUT2D eigenvalue weighted by Gasteiger charge is 2.26. The second-order valence-electron chi connectivity index (χ2n) is 5.70. The number of fused-ring (bicyclic) bond motifs is 1. The fourth-order valence-corrected chi connectivity index (χ4v) is 4.24. The topological polar surface area (TPSA) is 85.0 Å². The van der Waals surface area contributed by atoms with Crippen molar-refractivity contribution in [3.05, 3.63) is 39.8 Å². The van der Waals surface area contributed by atoms with Gasteiger partial charge in [-0.2, -0.15) is 0 Å². The molecule has 0 saturated carbocycles. The van der Waals surface area contributed by atoms with Crippen LogP contribution < -0.4 is 15.2 Å². The molecule has 0 fully saturated rings. The zero-order valence-electron chi connectivity index (χ0n) is 13.7. The number of aromatic carboxylic acids is 1. The lowest BCUT2D eigenvalue weighted by atomic mass is 10.0. The van der Waals surface area contributed by atoms with Gasteiger partial charge in [0, 0.05) is 24.5 Å². The Morgan fingerprint density at radius 3 is 2.75 bits per heavy atom. The summed E-state index contributed by atoms with van der Waals surface area (Å²) >= 11 is 1.38. The SMILES string of the molecule is COc1ccc(CN2CCc3c(sc(N)c3C(=O)O)C2)cc1OC. The standard InChI is InChI=1S/C17H20N2O4S/c1-22-12-4-3-10(7-13(12)23-2)8-19-6-5-11-14(9-19)24-16(18)15(11)17(20)21/h3-4,7H,5-6,8-9,18H2,1-2H3,(H,20,21). The van der Waals surface area contributed by atoms with Crippen molar-refractivity contribution in [2.24, 2.45) is 0 Å². The summed E-state index contributed by atoms with van der Waals surface area (Å²) in [5.41, 5.74) is 8.19. The van der Waals surface area contributed by atoms with Crippen LogP contribution in [0.25, 0.3) is 0 Å². The zero-order valence-corrected chi connectivity index (χ0v) is 14.5. The van der Waals surface area contributed by atoms with Gasteiger partial charge in [-0.3, -0.25) is 4.90 Å². The predicted molar refractivity (Wildman–Crippen MR) is 93.1 cm³/mol. The number of nitrogen functional groups attached to an aromatic ring is 1. The van der Waals surface area contributed by atoms with E-state index in [-0.39, 0.29) is 0 Å². The Bertz CT molecular complexity index is 772. The quantitative estimate of drug-likeness (QED) is 0.864. The minimum atomic E-state index is -0.932. The Labute approximate surface area is 144 Å². The van der Waals surface area contributed by atoms with E-state index in [0.717, 1.165) is 29.1 Å². The van der Waals surface area contributed by atoms with Gasteiger partial charge in [0.15, 0.2) is 11.5 Å². The van der Waals surface area contributed by atoms with E-state index in [4.69, 9.17) is 15.2 Å². The second-order valence-corrected chi connectivity index (χ2v) is 6.83. The van der Waals surface area contributed by atoms with Crippen molar-refractivity contribution in [3.8, 4) is 11.5 Å². The van der Waals surface area contributed by atoms with Crippen molar-refractivity contribution in [1.29, 1.82) is 0 Å². The monoisotopic (exact) mass is 348 g/mol. The predicted octanol–water partition coefficient (Wildman–Crippen LogP) is 2.60. The van der Waals surface area contributed by atoms with Crippen molar-refractivity contribution in [2.75, 3.05) is 26.5 Å². The first-order valence-corrected chi connectivity index (χ1v) is 8.41. The summed E-state index contributed by atoms with van der Waals surface area (Å²) in [6.45, 7) is 2.28. The molecule has 24 heavy (non-hydrogen) atoms. The summed E-state index contributed by atoms with van der Waals surface area (Å²) in [5, 5.41) is 9.71. The van der Waals surface area contributed by atoms with Crippen LogP contribution in [0.15, 0.2) is 18.2 Å². The van der Waals surface area contributed by atoms with Crippen LogP contribution in [-0.2, 0) is 19.5 Å². The molecular formula is C17H20N2O4S. The van der Waals surface area contributed by atoms with Crippen molar-refractivity contribution in [1.82, 2.24) is 4.90 Å². The first kappa shape index (κ1) is 16.6. The number of hydrogen-bond donors (Lipinski definition) is 2. The molecular weight excluding hydrogens is 328 g/mol. The normalized spacial score (nSPS) is 14.2. The summed E-state index contributed by atoms with van der Waals surface area (Å²) in [4.78, 5) is 14.7. The van der Waals surface area contributed by atoms with E-state index in [1.807, 2.05) is 18.2 Å². The average Bonchev–Trinajstić information content (AvgIpc) is 2.89. The summed E-state index contributed by atoms with van der Waals surface area (Å²) < 4.78 is 10.6. The molecule has 1 aliphatic heterocycles. The number of hydrogen-bond acceptors (Lipinski definition) is 6. The van der Waals surface area contributed by atoms with E-state index in [0.29, 0.717) is 35.0 Å².